The lowest BCUT2D eigenvalue weighted by Crippen LogP contribution is -2.17. The molecule has 0 radical (unpaired) electrons. The summed E-state index contributed by atoms with van der Waals surface area (Å²) in [5.41, 5.74) is 15.1. The lowest BCUT2D eigenvalue weighted by atomic mass is 9.80. The average Bonchev–Trinajstić information content (AvgIpc) is 3.87. The van der Waals surface area contributed by atoms with Crippen molar-refractivity contribution < 1.29 is 8.83 Å². The maximum atomic E-state index is 6.69. The summed E-state index contributed by atoms with van der Waals surface area (Å²) in [6, 6.07) is 65.3. The van der Waals surface area contributed by atoms with Gasteiger partial charge in [-0.05, 0) is 105 Å². The van der Waals surface area contributed by atoms with Crippen LogP contribution in [0.2, 0.25) is 0 Å². The molecule has 11 aromatic rings. The van der Waals surface area contributed by atoms with E-state index in [9.17, 15) is 0 Å². The number of nitrogens with zero attached hydrogens (tertiary/aromatic N) is 2. The van der Waals surface area contributed by atoms with E-state index in [-0.39, 0.29) is 11.8 Å². The number of fused-ring (bicyclic) bond motifs is 11. The Bertz CT molecular complexity index is 3800. The summed E-state index contributed by atoms with van der Waals surface area (Å²) in [5.74, 6) is 0.774. The molecule has 2 unspecified atom stereocenters. The maximum Gasteiger partial charge on any atom is 0.160 e. The van der Waals surface area contributed by atoms with Crippen molar-refractivity contribution in [3.63, 3.8) is 0 Å². The second-order valence-corrected chi connectivity index (χ2v) is 17.5. The molecule has 0 amide bonds. The Morgan fingerprint density at radius 3 is 2.02 bits per heavy atom. The fraction of sp³-hybridized carbons (Fsp3) is 0.100. The summed E-state index contributed by atoms with van der Waals surface area (Å²) in [6.45, 7) is 2.29. The van der Waals surface area contributed by atoms with Crippen molar-refractivity contribution in [1.29, 1.82) is 0 Å². The first-order valence-electron chi connectivity index (χ1n) is 22.5. The zero-order valence-corrected chi connectivity index (χ0v) is 35.4. The van der Waals surface area contributed by atoms with E-state index in [2.05, 4.69) is 183 Å². The van der Waals surface area contributed by atoms with Gasteiger partial charge in [-0.3, -0.25) is 0 Å². The van der Waals surface area contributed by atoms with Crippen LogP contribution in [0.4, 0.5) is 0 Å². The van der Waals surface area contributed by atoms with Crippen LogP contribution in [0.25, 0.3) is 82.2 Å². The average molecular weight is 823 g/mol. The Kier molecular flexibility index (Phi) is 8.42. The van der Waals surface area contributed by atoms with E-state index in [4.69, 9.17) is 18.8 Å². The predicted octanol–water partition coefficient (Wildman–Crippen LogP) is 15.9. The SMILES string of the molecule is CC1C/C=C(c2ccc3oc4ccccc4c3c2C2CCc3cc4ccccc4cc3-c3ccccc32)/N=C(c2cccc3ccccc23)\N=C/1c1cccc2c1oc1ccccc12. The first-order chi connectivity index (χ1) is 31.6. The van der Waals surface area contributed by atoms with Gasteiger partial charge in [0.15, 0.2) is 5.84 Å². The van der Waals surface area contributed by atoms with Gasteiger partial charge in [-0.1, -0.05) is 159 Å². The number of rotatable bonds is 4. The summed E-state index contributed by atoms with van der Waals surface area (Å²) >= 11 is 0. The fourth-order valence-corrected chi connectivity index (χ4v) is 10.8. The van der Waals surface area contributed by atoms with Gasteiger partial charge in [0, 0.05) is 50.1 Å². The molecule has 0 fully saturated rings. The first-order valence-corrected chi connectivity index (χ1v) is 22.5. The van der Waals surface area contributed by atoms with E-state index < -0.39 is 0 Å². The Hall–Kier alpha value is -7.82. The van der Waals surface area contributed by atoms with Crippen molar-refractivity contribution in [1.82, 2.24) is 0 Å². The molecule has 4 heteroatoms. The van der Waals surface area contributed by atoms with Crippen LogP contribution in [-0.4, -0.2) is 11.5 Å². The molecule has 0 spiro atoms. The fourth-order valence-electron chi connectivity index (χ4n) is 10.8. The van der Waals surface area contributed by atoms with Crippen molar-refractivity contribution in [3.8, 4) is 11.1 Å². The third kappa shape index (κ3) is 5.83. The topological polar surface area (TPSA) is 51.0 Å². The molecule has 1 aliphatic carbocycles. The largest absolute Gasteiger partial charge is 0.456 e. The van der Waals surface area contributed by atoms with Crippen molar-refractivity contribution in [2.45, 2.75) is 32.1 Å². The van der Waals surface area contributed by atoms with Gasteiger partial charge in [-0.2, -0.15) is 0 Å². The number of hydrogen-bond acceptors (Lipinski definition) is 4. The van der Waals surface area contributed by atoms with Crippen molar-refractivity contribution >= 4 is 82.7 Å². The predicted molar refractivity (Wildman–Crippen MR) is 266 cm³/mol. The van der Waals surface area contributed by atoms with Crippen LogP contribution >= 0.6 is 0 Å². The molecular formula is C60H42N2O2. The van der Waals surface area contributed by atoms with Gasteiger partial charge in [0.2, 0.25) is 0 Å². The van der Waals surface area contributed by atoms with Gasteiger partial charge in [0.1, 0.15) is 22.3 Å². The van der Waals surface area contributed by atoms with Crippen LogP contribution in [0.1, 0.15) is 59.1 Å². The first kappa shape index (κ1) is 36.8. The summed E-state index contributed by atoms with van der Waals surface area (Å²) in [5, 5.41) is 9.28. The molecule has 2 atom stereocenters. The number of benzene rings is 9. The third-order valence-electron chi connectivity index (χ3n) is 13.8. The molecule has 0 saturated heterocycles. The number of aryl methyl sites for hydroxylation is 1. The van der Waals surface area contributed by atoms with Gasteiger partial charge < -0.3 is 8.83 Å². The number of para-hydroxylation sites is 3. The molecule has 304 valence electrons. The summed E-state index contributed by atoms with van der Waals surface area (Å²) in [4.78, 5) is 11.5. The lowest BCUT2D eigenvalue weighted by molar-refractivity contribution is 0.666. The summed E-state index contributed by atoms with van der Waals surface area (Å²) in [7, 11) is 0. The molecule has 2 aliphatic rings. The molecule has 13 rings (SSSR count). The van der Waals surface area contributed by atoms with Crippen LogP contribution in [0.5, 0.6) is 0 Å². The molecule has 64 heavy (non-hydrogen) atoms. The standard InChI is InChI=1S/C60H42N2O2/c1-36-28-32-52(61-60(47-24-12-17-37-14-4-5-18-41(37)47)62-58(36)50-25-13-23-46-44-21-8-10-26-53(44)64-59(46)50)48-31-33-55-57(49-22-9-11-27-54(49)63-55)56(48)45-30-29-40-34-38-15-2-3-16-39(38)35-51(40)43-20-7-6-19-42(43)45/h2-27,31-36,45H,28-30H2,1H3/b52-32+,61-60-,62-58+. The smallest absolute Gasteiger partial charge is 0.160 e. The quantitative estimate of drug-likeness (QED) is 0.178. The molecule has 1 aliphatic heterocycles. The Morgan fingerprint density at radius 1 is 0.484 bits per heavy atom. The Labute approximate surface area is 370 Å². The second kappa shape index (κ2) is 14.6. The van der Waals surface area contributed by atoms with Gasteiger partial charge >= 0.3 is 0 Å². The number of hydrogen-bond donors (Lipinski definition) is 0. The number of aliphatic imine (C=N–C) groups is 2. The number of allylic oxidation sites excluding steroid dienone is 1. The second-order valence-electron chi connectivity index (χ2n) is 17.5. The van der Waals surface area contributed by atoms with E-state index in [1.807, 2.05) is 12.1 Å². The van der Waals surface area contributed by atoms with E-state index >= 15 is 0 Å². The van der Waals surface area contributed by atoms with Gasteiger partial charge in [0.05, 0.1) is 11.4 Å². The van der Waals surface area contributed by atoms with Gasteiger partial charge in [-0.25, -0.2) is 9.98 Å². The Morgan fingerprint density at radius 2 is 1.14 bits per heavy atom. The highest BCUT2D eigenvalue weighted by Crippen LogP contribution is 2.49. The van der Waals surface area contributed by atoms with Crippen LogP contribution in [-0.2, 0) is 6.42 Å². The molecule has 4 nitrogen and oxygen atoms in total. The van der Waals surface area contributed by atoms with Crippen molar-refractivity contribution in [2.24, 2.45) is 15.9 Å². The highest BCUT2D eigenvalue weighted by Gasteiger charge is 2.31. The van der Waals surface area contributed by atoms with E-state index in [0.29, 0.717) is 5.84 Å². The maximum absolute atomic E-state index is 6.69. The molecule has 2 aromatic heterocycles. The van der Waals surface area contributed by atoms with Crippen LogP contribution in [0, 0.1) is 5.92 Å². The molecule has 9 aromatic carbocycles. The van der Waals surface area contributed by atoms with Gasteiger partial charge in [0.25, 0.3) is 0 Å². The van der Waals surface area contributed by atoms with Crippen molar-refractivity contribution in [2.75, 3.05) is 0 Å². The highest BCUT2D eigenvalue weighted by atomic mass is 16.3. The van der Waals surface area contributed by atoms with E-state index in [0.717, 1.165) is 102 Å². The third-order valence-corrected chi connectivity index (χ3v) is 13.8. The van der Waals surface area contributed by atoms with Crippen molar-refractivity contribution in [3.05, 3.63) is 221 Å². The summed E-state index contributed by atoms with van der Waals surface area (Å²) < 4.78 is 13.3. The monoisotopic (exact) mass is 822 g/mol. The minimum absolute atomic E-state index is 0.0402. The van der Waals surface area contributed by atoms with Crippen LogP contribution < -0.4 is 0 Å². The zero-order valence-electron chi connectivity index (χ0n) is 35.4. The normalized spacial score (nSPS) is 19.0. The van der Waals surface area contributed by atoms with Crippen LogP contribution in [0.3, 0.4) is 0 Å². The summed E-state index contributed by atoms with van der Waals surface area (Å²) in [6.07, 6.45) is 4.97. The number of amidine groups is 1. The highest BCUT2D eigenvalue weighted by molar-refractivity contribution is 6.22. The molecule has 3 heterocycles. The lowest BCUT2D eigenvalue weighted by Gasteiger charge is -2.24. The Balaban J connectivity index is 1.07. The van der Waals surface area contributed by atoms with Gasteiger partial charge in [-0.15, -0.1) is 0 Å². The van der Waals surface area contributed by atoms with E-state index in [1.165, 1.54) is 38.6 Å². The molecular weight excluding hydrogens is 781 g/mol. The van der Waals surface area contributed by atoms with Crippen LogP contribution in [0.15, 0.2) is 207 Å². The van der Waals surface area contributed by atoms with E-state index in [1.54, 1.807) is 0 Å². The minimum atomic E-state index is 0.0402. The molecule has 0 saturated carbocycles. The number of furan rings is 2. The molecule has 0 N–H and O–H groups in total. The molecule has 0 bridgehead atoms. The minimum Gasteiger partial charge on any atom is -0.456 e. The zero-order chi connectivity index (χ0) is 42.3.